The number of hydrogen-bond donors (Lipinski definition) is 4. The average molecular weight is 463 g/mol. The van der Waals surface area contributed by atoms with E-state index in [2.05, 4.69) is 33.2 Å². The Morgan fingerprint density at radius 1 is 1.00 bits per heavy atom. The van der Waals surface area contributed by atoms with Crippen molar-refractivity contribution in [1.29, 1.82) is 0 Å². The molecule has 1 unspecified atom stereocenters. The average Bonchev–Trinajstić information content (AvgIpc) is 3.25. The number of rotatable bonds is 8. The van der Waals surface area contributed by atoms with Gasteiger partial charge in [-0.05, 0) is 53.9 Å². The molecule has 0 radical (unpaired) electrons. The number of halogens is 1. The highest BCUT2D eigenvalue weighted by Crippen LogP contribution is 2.21. The van der Waals surface area contributed by atoms with Crippen molar-refractivity contribution in [1.82, 2.24) is 15.3 Å². The molecular weight excluding hydrogens is 440 g/mol. The van der Waals surface area contributed by atoms with Gasteiger partial charge in [0.1, 0.15) is 11.9 Å². The van der Waals surface area contributed by atoms with Crippen LogP contribution in [-0.4, -0.2) is 22.4 Å². The normalized spacial score (nSPS) is 11.8. The zero-order valence-electron chi connectivity index (χ0n) is 17.3. The van der Waals surface area contributed by atoms with Crippen molar-refractivity contribution in [3.05, 3.63) is 101 Å². The van der Waals surface area contributed by atoms with Crippen molar-refractivity contribution in [2.45, 2.75) is 17.5 Å². The summed E-state index contributed by atoms with van der Waals surface area (Å²) < 4.78 is 0. The van der Waals surface area contributed by atoms with E-state index in [0.717, 1.165) is 34.6 Å². The van der Waals surface area contributed by atoms with Crippen LogP contribution in [0.3, 0.4) is 0 Å². The Morgan fingerprint density at radius 2 is 1.72 bits per heavy atom. The van der Waals surface area contributed by atoms with Gasteiger partial charge < -0.3 is 15.6 Å². The molecule has 0 saturated carbocycles. The van der Waals surface area contributed by atoms with Gasteiger partial charge in [-0.15, -0.1) is 12.6 Å². The van der Waals surface area contributed by atoms with Gasteiger partial charge in [-0.25, -0.2) is 4.98 Å². The van der Waals surface area contributed by atoms with E-state index in [-0.39, 0.29) is 5.91 Å². The van der Waals surface area contributed by atoms with Crippen molar-refractivity contribution >= 4 is 35.8 Å². The van der Waals surface area contributed by atoms with Crippen molar-refractivity contribution in [3.63, 3.8) is 0 Å². The largest absolute Gasteiger partial charge is 0.333 e. The molecule has 1 aromatic heterocycles. The highest BCUT2D eigenvalue weighted by molar-refractivity contribution is 7.80. The Morgan fingerprint density at radius 3 is 2.38 bits per heavy atom. The Kier molecular flexibility index (Phi) is 7.27. The number of aromatic nitrogens is 2. The maximum Gasteiger partial charge on any atom is 0.246 e. The minimum absolute atomic E-state index is 0.115. The van der Waals surface area contributed by atoms with Crippen molar-refractivity contribution in [2.75, 3.05) is 11.9 Å². The van der Waals surface area contributed by atoms with Crippen LogP contribution in [0.5, 0.6) is 0 Å². The summed E-state index contributed by atoms with van der Waals surface area (Å²) in [4.78, 5) is 20.5. The van der Waals surface area contributed by atoms with Gasteiger partial charge in [-0.3, -0.25) is 4.79 Å². The van der Waals surface area contributed by atoms with Crippen molar-refractivity contribution in [3.8, 4) is 11.4 Å². The van der Waals surface area contributed by atoms with Crippen LogP contribution >= 0.6 is 24.2 Å². The Labute approximate surface area is 197 Å². The van der Waals surface area contributed by atoms with Crippen molar-refractivity contribution in [2.24, 2.45) is 0 Å². The second kappa shape index (κ2) is 10.5. The van der Waals surface area contributed by atoms with E-state index in [0.29, 0.717) is 16.6 Å². The zero-order valence-corrected chi connectivity index (χ0v) is 18.9. The van der Waals surface area contributed by atoms with Crippen LogP contribution in [0.1, 0.15) is 17.2 Å². The van der Waals surface area contributed by atoms with Gasteiger partial charge in [0.2, 0.25) is 5.91 Å². The number of carbonyl (C=O) groups excluding carboxylic acids is 1. The molecule has 1 amide bonds. The highest BCUT2D eigenvalue weighted by Gasteiger charge is 2.20. The Bertz CT molecular complexity index is 1160. The molecule has 3 N–H and O–H groups in total. The fourth-order valence-electron chi connectivity index (χ4n) is 3.40. The molecular formula is C25H23ClN4OS. The lowest BCUT2D eigenvalue weighted by molar-refractivity contribution is -0.118. The minimum atomic E-state index is -0.472. The molecule has 4 aromatic rings. The third-order valence-electron chi connectivity index (χ3n) is 5.06. The van der Waals surface area contributed by atoms with Crippen LogP contribution in [0, 0.1) is 0 Å². The smallest absolute Gasteiger partial charge is 0.246 e. The van der Waals surface area contributed by atoms with Gasteiger partial charge in [0.05, 0.1) is 11.2 Å². The van der Waals surface area contributed by atoms with Crippen LogP contribution in [0.2, 0.25) is 5.02 Å². The number of amides is 1. The number of hydrogen-bond acceptors (Lipinski definition) is 4. The van der Waals surface area contributed by atoms with Gasteiger partial charge in [-0.1, -0.05) is 54.1 Å². The summed E-state index contributed by atoms with van der Waals surface area (Å²) in [7, 11) is 0. The number of carbonyl (C=O) groups is 1. The van der Waals surface area contributed by atoms with Crippen LogP contribution < -0.4 is 10.6 Å². The van der Waals surface area contributed by atoms with E-state index in [9.17, 15) is 4.79 Å². The Balaban J connectivity index is 1.43. The molecule has 0 aliphatic rings. The number of nitrogens with one attached hydrogen (secondary N) is 3. The molecule has 5 nitrogen and oxygen atoms in total. The molecule has 0 spiro atoms. The summed E-state index contributed by atoms with van der Waals surface area (Å²) in [5, 5.41) is 7.82. The molecule has 1 atom stereocenters. The van der Waals surface area contributed by atoms with Crippen LogP contribution in [-0.2, 0) is 11.2 Å². The van der Waals surface area contributed by atoms with Gasteiger partial charge in [0, 0.05) is 22.8 Å². The quantitative estimate of drug-likeness (QED) is 0.260. The van der Waals surface area contributed by atoms with Gasteiger partial charge in [-0.2, -0.15) is 0 Å². The SMILES string of the molecule is O=C(Nc1ccc(-c2ncc(S)[nH]2)cc1)C(NCCc1ccc(Cl)cc1)c1ccccc1. The fourth-order valence-corrected chi connectivity index (χ4v) is 3.69. The first-order valence-electron chi connectivity index (χ1n) is 10.3. The first-order valence-corrected chi connectivity index (χ1v) is 11.1. The molecule has 0 aliphatic heterocycles. The number of anilines is 1. The van der Waals surface area contributed by atoms with E-state index < -0.39 is 6.04 Å². The summed E-state index contributed by atoms with van der Waals surface area (Å²) in [6.45, 7) is 0.651. The second-order valence-corrected chi connectivity index (χ2v) is 8.28. The number of aromatic amines is 1. The minimum Gasteiger partial charge on any atom is -0.333 e. The number of nitrogens with zero attached hydrogens (tertiary/aromatic N) is 1. The number of H-pyrrole nitrogens is 1. The first kappa shape index (κ1) is 22.1. The molecule has 162 valence electrons. The van der Waals surface area contributed by atoms with Crippen molar-refractivity contribution < 1.29 is 4.79 Å². The molecule has 0 aliphatic carbocycles. The first-order chi connectivity index (χ1) is 15.6. The van der Waals surface area contributed by atoms with E-state index in [1.807, 2.05) is 78.9 Å². The van der Waals surface area contributed by atoms with Crippen LogP contribution in [0.4, 0.5) is 5.69 Å². The summed E-state index contributed by atoms with van der Waals surface area (Å²) >= 11 is 10.2. The summed E-state index contributed by atoms with van der Waals surface area (Å²) in [5.74, 6) is 0.620. The van der Waals surface area contributed by atoms with Crippen LogP contribution in [0.25, 0.3) is 11.4 Å². The maximum absolute atomic E-state index is 13.1. The third-order valence-corrected chi connectivity index (χ3v) is 5.54. The predicted molar refractivity (Wildman–Crippen MR) is 132 cm³/mol. The Hall–Kier alpha value is -3.06. The van der Waals surface area contributed by atoms with Crippen LogP contribution in [0.15, 0.2) is 90.1 Å². The molecule has 1 heterocycles. The zero-order chi connectivity index (χ0) is 22.3. The molecule has 0 saturated heterocycles. The standard InChI is InChI=1S/C25H23ClN4OS/c26-20-10-6-17(7-11-20)14-15-27-23(18-4-2-1-3-5-18)25(31)29-21-12-8-19(9-13-21)24-28-16-22(32)30-24/h1-13,16,23,27,32H,14-15H2,(H,28,30)(H,29,31). The van der Waals surface area contributed by atoms with E-state index in [1.165, 1.54) is 0 Å². The number of benzene rings is 3. The summed E-state index contributed by atoms with van der Waals surface area (Å²) in [5.41, 5.74) is 3.71. The lowest BCUT2D eigenvalue weighted by Gasteiger charge is -2.19. The van der Waals surface area contributed by atoms with E-state index in [1.54, 1.807) is 6.20 Å². The second-order valence-electron chi connectivity index (χ2n) is 7.36. The molecule has 0 bridgehead atoms. The summed E-state index contributed by atoms with van der Waals surface area (Å²) in [6, 6.07) is 24.5. The fraction of sp³-hybridized carbons (Fsp3) is 0.120. The van der Waals surface area contributed by atoms with E-state index in [4.69, 9.17) is 11.6 Å². The lowest BCUT2D eigenvalue weighted by Crippen LogP contribution is -2.34. The number of imidazole rings is 1. The molecule has 7 heteroatoms. The van der Waals surface area contributed by atoms with Gasteiger partial charge >= 0.3 is 0 Å². The molecule has 3 aromatic carbocycles. The van der Waals surface area contributed by atoms with Gasteiger partial charge in [0.25, 0.3) is 0 Å². The molecule has 32 heavy (non-hydrogen) atoms. The number of thiol groups is 1. The third kappa shape index (κ3) is 5.79. The highest BCUT2D eigenvalue weighted by atomic mass is 35.5. The van der Waals surface area contributed by atoms with Gasteiger partial charge in [0.15, 0.2) is 0 Å². The summed E-state index contributed by atoms with van der Waals surface area (Å²) in [6.07, 6.45) is 2.45. The monoisotopic (exact) mass is 462 g/mol. The molecule has 4 rings (SSSR count). The topological polar surface area (TPSA) is 69.8 Å². The molecule has 0 fully saturated rings. The lowest BCUT2D eigenvalue weighted by atomic mass is 10.1. The maximum atomic E-state index is 13.1. The predicted octanol–water partition coefficient (Wildman–Crippen LogP) is 5.53. The van der Waals surface area contributed by atoms with E-state index >= 15 is 0 Å².